The molecule has 2 atom stereocenters. The van der Waals surface area contributed by atoms with Gasteiger partial charge in [0.2, 0.25) is 0 Å². The van der Waals surface area contributed by atoms with Gasteiger partial charge in [0.25, 0.3) is 0 Å². The molecule has 0 aromatic carbocycles. The van der Waals surface area contributed by atoms with Crippen LogP contribution in [0.5, 0.6) is 0 Å². The largest absolute Gasteiger partial charge is 0.384 e. The molecule has 2 heteroatoms. The second-order valence-corrected chi connectivity index (χ2v) is 5.43. The molecule has 19 heavy (non-hydrogen) atoms. The number of ether oxygens (including phenoxy) is 1. The van der Waals surface area contributed by atoms with Gasteiger partial charge in [-0.1, -0.05) is 63.3 Å². The molecule has 0 saturated carbocycles. The van der Waals surface area contributed by atoms with Gasteiger partial charge >= 0.3 is 0 Å². The molecule has 0 radical (unpaired) electrons. The second kappa shape index (κ2) is 9.08. The molecule has 2 unspecified atom stereocenters. The second-order valence-electron chi connectivity index (χ2n) is 5.43. The topological polar surface area (TPSA) is 26.3 Å². The van der Waals surface area contributed by atoms with Crippen molar-refractivity contribution in [2.45, 2.75) is 52.4 Å². The van der Waals surface area contributed by atoms with Crippen molar-refractivity contribution in [2.24, 2.45) is 11.8 Å². The Hall–Kier alpha value is -0.890. The number of carbonyl (C=O) groups excluding carboxylic acids is 1. The molecule has 0 aromatic heterocycles. The van der Waals surface area contributed by atoms with Crippen LogP contribution in [-0.2, 0) is 9.53 Å². The van der Waals surface area contributed by atoms with Crippen molar-refractivity contribution in [1.82, 2.24) is 0 Å². The van der Waals surface area contributed by atoms with Crippen molar-refractivity contribution >= 4 is 5.78 Å². The molecule has 0 saturated heterocycles. The maximum Gasteiger partial charge on any atom is 0.144 e. The van der Waals surface area contributed by atoms with Gasteiger partial charge in [-0.25, -0.2) is 0 Å². The van der Waals surface area contributed by atoms with E-state index in [2.05, 4.69) is 19.9 Å². The van der Waals surface area contributed by atoms with Gasteiger partial charge in [0.05, 0.1) is 5.92 Å². The third-order valence-corrected chi connectivity index (χ3v) is 3.99. The van der Waals surface area contributed by atoms with Crippen LogP contribution >= 0.6 is 0 Å². The van der Waals surface area contributed by atoms with Gasteiger partial charge in [0.1, 0.15) is 5.78 Å². The Morgan fingerprint density at radius 1 is 1.42 bits per heavy atom. The van der Waals surface area contributed by atoms with Crippen molar-refractivity contribution in [2.75, 3.05) is 13.7 Å². The molecular weight excluding hydrogens is 236 g/mol. The van der Waals surface area contributed by atoms with E-state index in [1.165, 1.54) is 24.8 Å². The number of methoxy groups -OCH3 is 1. The molecular formula is C17H28O2. The van der Waals surface area contributed by atoms with Gasteiger partial charge in [-0.15, -0.1) is 0 Å². The Balaban J connectivity index is 2.47. The first-order chi connectivity index (χ1) is 9.22. The van der Waals surface area contributed by atoms with Crippen molar-refractivity contribution < 1.29 is 9.53 Å². The fraction of sp³-hybridized carbons (Fsp3) is 0.706. The summed E-state index contributed by atoms with van der Waals surface area (Å²) in [5.41, 5.74) is 1.22. The van der Waals surface area contributed by atoms with Crippen molar-refractivity contribution in [3.63, 3.8) is 0 Å². The van der Waals surface area contributed by atoms with Crippen LogP contribution in [0.25, 0.3) is 0 Å². The fourth-order valence-corrected chi connectivity index (χ4v) is 2.65. The van der Waals surface area contributed by atoms with Crippen LogP contribution in [0.4, 0.5) is 0 Å². The number of allylic oxidation sites excluding steroid dienone is 3. The highest BCUT2D eigenvalue weighted by Crippen LogP contribution is 2.27. The third kappa shape index (κ3) is 5.32. The normalized spacial score (nSPS) is 19.5. The van der Waals surface area contributed by atoms with Gasteiger partial charge in [-0.3, -0.25) is 4.79 Å². The third-order valence-electron chi connectivity index (χ3n) is 3.99. The molecule has 0 fully saturated rings. The zero-order valence-electron chi connectivity index (χ0n) is 12.7. The maximum absolute atomic E-state index is 12.4. The highest BCUT2D eigenvalue weighted by atomic mass is 16.5. The molecule has 0 heterocycles. The van der Waals surface area contributed by atoms with Crippen LogP contribution in [0.3, 0.4) is 0 Å². The van der Waals surface area contributed by atoms with E-state index in [-0.39, 0.29) is 5.92 Å². The number of ketones is 1. The van der Waals surface area contributed by atoms with E-state index in [0.29, 0.717) is 18.3 Å². The maximum atomic E-state index is 12.4. The summed E-state index contributed by atoms with van der Waals surface area (Å²) < 4.78 is 5.11. The van der Waals surface area contributed by atoms with E-state index >= 15 is 0 Å². The molecule has 0 N–H and O–H groups in total. The Kier molecular flexibility index (Phi) is 7.73. The van der Waals surface area contributed by atoms with Gasteiger partial charge in [0.15, 0.2) is 0 Å². The minimum absolute atomic E-state index is 0.0193. The van der Waals surface area contributed by atoms with E-state index in [1.54, 1.807) is 7.11 Å². The summed E-state index contributed by atoms with van der Waals surface area (Å²) in [7, 11) is 1.71. The highest BCUT2D eigenvalue weighted by Gasteiger charge is 2.24. The van der Waals surface area contributed by atoms with Crippen molar-refractivity contribution in [1.29, 1.82) is 0 Å². The van der Waals surface area contributed by atoms with Crippen molar-refractivity contribution in [3.8, 4) is 0 Å². The summed E-state index contributed by atoms with van der Waals surface area (Å²) in [5.74, 6) is 0.968. The number of unbranched alkanes of at least 4 members (excludes halogenated alkanes) is 1. The lowest BCUT2D eigenvalue weighted by Crippen LogP contribution is -2.18. The van der Waals surface area contributed by atoms with E-state index in [1.807, 2.05) is 12.2 Å². The summed E-state index contributed by atoms with van der Waals surface area (Å²) in [6.07, 6.45) is 12.5. The average molecular weight is 264 g/mol. The summed E-state index contributed by atoms with van der Waals surface area (Å²) in [5, 5.41) is 0. The van der Waals surface area contributed by atoms with E-state index in [9.17, 15) is 4.79 Å². The van der Waals surface area contributed by atoms with Gasteiger partial charge in [0, 0.05) is 20.1 Å². The summed E-state index contributed by atoms with van der Waals surface area (Å²) in [4.78, 5) is 12.4. The number of hydrogen-bond donors (Lipinski definition) is 0. The fourth-order valence-electron chi connectivity index (χ4n) is 2.65. The summed E-state index contributed by atoms with van der Waals surface area (Å²) in [6, 6.07) is 0. The van der Waals surface area contributed by atoms with Crippen LogP contribution < -0.4 is 0 Å². The predicted molar refractivity (Wildman–Crippen MR) is 80.1 cm³/mol. The molecule has 0 amide bonds. The first-order valence-corrected chi connectivity index (χ1v) is 7.61. The van der Waals surface area contributed by atoms with Gasteiger partial charge in [-0.05, 0) is 12.3 Å². The molecule has 1 rings (SSSR count). The van der Waals surface area contributed by atoms with Crippen LogP contribution in [0.1, 0.15) is 52.4 Å². The highest BCUT2D eigenvalue weighted by molar-refractivity contribution is 5.86. The summed E-state index contributed by atoms with van der Waals surface area (Å²) in [6.45, 7) is 5.10. The van der Waals surface area contributed by atoms with Crippen LogP contribution in [-0.4, -0.2) is 19.5 Å². The molecule has 1 aliphatic carbocycles. The van der Waals surface area contributed by atoms with E-state index < -0.39 is 0 Å². The molecule has 1 aliphatic rings. The zero-order chi connectivity index (χ0) is 14.1. The van der Waals surface area contributed by atoms with Gasteiger partial charge < -0.3 is 4.74 Å². The number of carbonyl (C=O) groups is 1. The molecule has 0 bridgehead atoms. The molecule has 0 spiro atoms. The summed E-state index contributed by atoms with van der Waals surface area (Å²) >= 11 is 0. The van der Waals surface area contributed by atoms with E-state index in [0.717, 1.165) is 19.3 Å². The monoisotopic (exact) mass is 264 g/mol. The van der Waals surface area contributed by atoms with Crippen molar-refractivity contribution in [3.05, 3.63) is 23.8 Å². The Morgan fingerprint density at radius 3 is 2.84 bits per heavy atom. The van der Waals surface area contributed by atoms with Gasteiger partial charge in [-0.2, -0.15) is 0 Å². The number of rotatable bonds is 10. The Morgan fingerprint density at radius 2 is 2.21 bits per heavy atom. The lowest BCUT2D eigenvalue weighted by Gasteiger charge is -2.18. The first kappa shape index (κ1) is 16.2. The zero-order valence-corrected chi connectivity index (χ0v) is 12.7. The lowest BCUT2D eigenvalue weighted by atomic mass is 9.86. The van der Waals surface area contributed by atoms with Crippen LogP contribution in [0.15, 0.2) is 23.8 Å². The SMILES string of the molecule is CCCCC(CC)CC(=O)C1C=CC=C1CCOC. The predicted octanol–water partition coefficient (Wildman–Crippen LogP) is 4.31. The minimum Gasteiger partial charge on any atom is -0.384 e. The molecule has 108 valence electrons. The average Bonchev–Trinajstić information content (AvgIpc) is 2.89. The van der Waals surface area contributed by atoms with Crippen LogP contribution in [0, 0.1) is 11.8 Å². The lowest BCUT2D eigenvalue weighted by molar-refractivity contribution is -0.121. The Bertz CT molecular complexity index is 328. The Labute approximate surface area is 117 Å². The molecule has 0 aliphatic heterocycles. The van der Waals surface area contributed by atoms with E-state index in [4.69, 9.17) is 4.74 Å². The minimum atomic E-state index is 0.0193. The smallest absolute Gasteiger partial charge is 0.144 e. The standard InChI is InChI=1S/C17H28O2/c1-4-6-8-14(5-2)13-17(18)16-10-7-9-15(16)11-12-19-3/h7,9-10,14,16H,4-6,8,11-13H2,1-3H3. The number of Topliss-reactive ketones (excluding diaryl/α,β-unsaturated/α-hetero) is 1. The quantitative estimate of drug-likeness (QED) is 0.587. The molecule has 2 nitrogen and oxygen atoms in total. The van der Waals surface area contributed by atoms with Crippen LogP contribution in [0.2, 0.25) is 0 Å². The number of hydrogen-bond acceptors (Lipinski definition) is 2. The first-order valence-electron chi connectivity index (χ1n) is 7.61. The molecule has 0 aromatic rings.